The number of nitrogens with one attached hydrogen (secondary N) is 1. The quantitative estimate of drug-likeness (QED) is 0.398. The van der Waals surface area contributed by atoms with Crippen molar-refractivity contribution in [2.24, 2.45) is 0 Å². The first-order valence-electron chi connectivity index (χ1n) is 12.5. The number of nitrogens with zero attached hydrogens (tertiary/aromatic N) is 2. The van der Waals surface area contributed by atoms with E-state index in [4.69, 9.17) is 4.74 Å². The standard InChI is InChI=1S/C29H35N3O5S/c1-6-37-26-14-12-25(13-15-26)32(38(35,36)27-16-10-21(2)11-17-27)20-28(33)31(23(4)29(34)30-5)19-24-9-7-8-22(3)18-24/h7-18,23H,6,19-20H2,1-5H3,(H,30,34)/t23-/m0/s1. The van der Waals surface area contributed by atoms with Crippen LogP contribution in [0.5, 0.6) is 5.75 Å². The van der Waals surface area contributed by atoms with Crippen LogP contribution in [0, 0.1) is 13.8 Å². The predicted octanol–water partition coefficient (Wildman–Crippen LogP) is 4.06. The fourth-order valence-electron chi connectivity index (χ4n) is 4.04. The molecule has 0 saturated carbocycles. The van der Waals surface area contributed by atoms with Gasteiger partial charge in [-0.1, -0.05) is 47.5 Å². The summed E-state index contributed by atoms with van der Waals surface area (Å²) in [5.74, 6) is -0.267. The number of rotatable bonds is 11. The van der Waals surface area contributed by atoms with E-state index in [1.54, 1.807) is 43.3 Å². The molecular weight excluding hydrogens is 502 g/mol. The topological polar surface area (TPSA) is 96.0 Å². The van der Waals surface area contributed by atoms with Gasteiger partial charge in [0.2, 0.25) is 11.8 Å². The number of likely N-dealkylation sites (N-methyl/N-ethyl adjacent to an activating group) is 1. The SMILES string of the molecule is CCOc1ccc(N(CC(=O)N(Cc2cccc(C)c2)[C@@H](C)C(=O)NC)S(=O)(=O)c2ccc(C)cc2)cc1. The first-order valence-corrected chi connectivity index (χ1v) is 13.9. The van der Waals surface area contributed by atoms with E-state index in [-0.39, 0.29) is 17.3 Å². The van der Waals surface area contributed by atoms with Crippen molar-refractivity contribution in [2.45, 2.75) is 45.2 Å². The molecule has 0 unspecified atom stereocenters. The van der Waals surface area contributed by atoms with E-state index >= 15 is 0 Å². The third kappa shape index (κ3) is 6.92. The van der Waals surface area contributed by atoms with Gasteiger partial charge < -0.3 is 15.0 Å². The Hall–Kier alpha value is -3.85. The van der Waals surface area contributed by atoms with Crippen LogP contribution in [0.15, 0.2) is 77.7 Å². The van der Waals surface area contributed by atoms with Gasteiger partial charge >= 0.3 is 0 Å². The van der Waals surface area contributed by atoms with Gasteiger partial charge in [-0.05, 0) is 69.7 Å². The van der Waals surface area contributed by atoms with Crippen LogP contribution in [0.3, 0.4) is 0 Å². The first-order chi connectivity index (χ1) is 18.1. The van der Waals surface area contributed by atoms with Crippen LogP contribution in [0.4, 0.5) is 5.69 Å². The molecule has 8 nitrogen and oxygen atoms in total. The summed E-state index contributed by atoms with van der Waals surface area (Å²) in [6.45, 7) is 7.43. The van der Waals surface area contributed by atoms with Crippen molar-refractivity contribution in [3.05, 3.63) is 89.5 Å². The molecule has 0 fully saturated rings. The molecule has 0 spiro atoms. The maximum atomic E-state index is 13.8. The van der Waals surface area contributed by atoms with Gasteiger partial charge in [-0.25, -0.2) is 8.42 Å². The zero-order chi connectivity index (χ0) is 27.9. The van der Waals surface area contributed by atoms with Crippen LogP contribution in [0.1, 0.15) is 30.5 Å². The molecule has 0 heterocycles. The highest BCUT2D eigenvalue weighted by atomic mass is 32.2. The second-order valence-corrected chi connectivity index (χ2v) is 10.9. The molecule has 1 atom stereocenters. The summed E-state index contributed by atoms with van der Waals surface area (Å²) < 4.78 is 34.2. The number of hydrogen-bond donors (Lipinski definition) is 1. The predicted molar refractivity (Wildman–Crippen MR) is 149 cm³/mol. The summed E-state index contributed by atoms with van der Waals surface area (Å²) >= 11 is 0. The lowest BCUT2D eigenvalue weighted by molar-refractivity contribution is -0.139. The van der Waals surface area contributed by atoms with Gasteiger partial charge in [0.1, 0.15) is 18.3 Å². The van der Waals surface area contributed by atoms with E-state index in [2.05, 4.69) is 5.32 Å². The van der Waals surface area contributed by atoms with Crippen molar-refractivity contribution < 1.29 is 22.7 Å². The molecule has 0 saturated heterocycles. The van der Waals surface area contributed by atoms with Gasteiger partial charge in [0.15, 0.2) is 0 Å². The van der Waals surface area contributed by atoms with Crippen LogP contribution < -0.4 is 14.4 Å². The molecule has 3 rings (SSSR count). The van der Waals surface area contributed by atoms with Gasteiger partial charge in [0.05, 0.1) is 17.2 Å². The van der Waals surface area contributed by atoms with Gasteiger partial charge in [-0.15, -0.1) is 0 Å². The number of hydrogen-bond acceptors (Lipinski definition) is 5. The Morgan fingerprint density at radius 1 is 0.947 bits per heavy atom. The highest BCUT2D eigenvalue weighted by Crippen LogP contribution is 2.27. The molecule has 3 aromatic carbocycles. The van der Waals surface area contributed by atoms with Crippen molar-refractivity contribution >= 4 is 27.5 Å². The molecule has 0 aliphatic rings. The van der Waals surface area contributed by atoms with Gasteiger partial charge in [-0.3, -0.25) is 13.9 Å². The molecule has 3 aromatic rings. The molecule has 0 radical (unpaired) electrons. The average Bonchev–Trinajstić information content (AvgIpc) is 2.90. The Labute approximate surface area is 225 Å². The third-order valence-corrected chi connectivity index (χ3v) is 7.96. The minimum Gasteiger partial charge on any atom is -0.494 e. The summed E-state index contributed by atoms with van der Waals surface area (Å²) in [5, 5.41) is 2.58. The molecule has 38 heavy (non-hydrogen) atoms. The Balaban J connectivity index is 2.03. The minimum absolute atomic E-state index is 0.0642. The van der Waals surface area contributed by atoms with Gasteiger partial charge in [0.25, 0.3) is 10.0 Å². The minimum atomic E-state index is -4.11. The Morgan fingerprint density at radius 3 is 2.18 bits per heavy atom. The molecule has 2 amide bonds. The van der Waals surface area contributed by atoms with Gasteiger partial charge in [-0.2, -0.15) is 0 Å². The highest BCUT2D eigenvalue weighted by molar-refractivity contribution is 7.92. The maximum Gasteiger partial charge on any atom is 0.264 e. The summed E-state index contributed by atoms with van der Waals surface area (Å²) in [7, 11) is -2.61. The highest BCUT2D eigenvalue weighted by Gasteiger charge is 2.32. The summed E-state index contributed by atoms with van der Waals surface area (Å²) in [6, 6.07) is 19.8. The number of amides is 2. The lowest BCUT2D eigenvalue weighted by atomic mass is 10.1. The van der Waals surface area contributed by atoms with Crippen molar-refractivity contribution in [1.29, 1.82) is 0 Å². The molecule has 9 heteroatoms. The normalized spacial score (nSPS) is 11.9. The van der Waals surface area contributed by atoms with Gasteiger partial charge in [0, 0.05) is 13.6 Å². The van der Waals surface area contributed by atoms with Crippen molar-refractivity contribution in [1.82, 2.24) is 10.2 Å². The summed E-state index contributed by atoms with van der Waals surface area (Å²) in [6.07, 6.45) is 0. The summed E-state index contributed by atoms with van der Waals surface area (Å²) in [4.78, 5) is 27.8. The number of carbonyl (C=O) groups is 2. The number of carbonyl (C=O) groups excluding carboxylic acids is 2. The second-order valence-electron chi connectivity index (χ2n) is 9.05. The van der Waals surface area contributed by atoms with Crippen molar-refractivity contribution in [3.8, 4) is 5.75 Å². The number of anilines is 1. The molecule has 1 N–H and O–H groups in total. The molecule has 202 valence electrons. The first kappa shape index (κ1) is 28.7. The molecule has 0 bridgehead atoms. The Bertz CT molecular complexity index is 1360. The Kier molecular flexibility index (Phi) is 9.52. The van der Waals surface area contributed by atoms with E-state index < -0.39 is 28.5 Å². The van der Waals surface area contributed by atoms with Crippen LogP contribution in [0.2, 0.25) is 0 Å². The number of ether oxygens (including phenoxy) is 1. The van der Waals surface area contributed by atoms with E-state index in [0.29, 0.717) is 18.0 Å². The van der Waals surface area contributed by atoms with Crippen LogP contribution in [0.25, 0.3) is 0 Å². The van der Waals surface area contributed by atoms with Crippen LogP contribution >= 0.6 is 0 Å². The van der Waals surface area contributed by atoms with E-state index in [9.17, 15) is 18.0 Å². The fourth-order valence-corrected chi connectivity index (χ4v) is 5.45. The molecular formula is C29H35N3O5S. The van der Waals surface area contributed by atoms with E-state index in [1.165, 1.54) is 24.1 Å². The zero-order valence-corrected chi connectivity index (χ0v) is 23.3. The summed E-state index contributed by atoms with van der Waals surface area (Å²) in [5.41, 5.74) is 3.07. The lowest BCUT2D eigenvalue weighted by Crippen LogP contribution is -2.50. The zero-order valence-electron chi connectivity index (χ0n) is 22.5. The molecule has 0 aromatic heterocycles. The lowest BCUT2D eigenvalue weighted by Gasteiger charge is -2.32. The largest absolute Gasteiger partial charge is 0.494 e. The fraction of sp³-hybridized carbons (Fsp3) is 0.310. The monoisotopic (exact) mass is 537 g/mol. The van der Waals surface area contributed by atoms with Crippen molar-refractivity contribution in [3.63, 3.8) is 0 Å². The van der Waals surface area contributed by atoms with Crippen LogP contribution in [-0.2, 0) is 26.2 Å². The number of aryl methyl sites for hydroxylation is 2. The average molecular weight is 538 g/mol. The van der Waals surface area contributed by atoms with E-state index in [1.807, 2.05) is 45.0 Å². The number of benzene rings is 3. The maximum absolute atomic E-state index is 13.8. The van der Waals surface area contributed by atoms with Crippen LogP contribution in [-0.4, -0.2) is 51.4 Å². The molecule has 0 aliphatic heterocycles. The third-order valence-electron chi connectivity index (χ3n) is 6.17. The Morgan fingerprint density at radius 2 is 1.61 bits per heavy atom. The number of sulfonamides is 1. The van der Waals surface area contributed by atoms with Crippen molar-refractivity contribution in [2.75, 3.05) is 24.5 Å². The molecule has 0 aliphatic carbocycles. The van der Waals surface area contributed by atoms with E-state index in [0.717, 1.165) is 21.0 Å². The second kappa shape index (κ2) is 12.6. The smallest absolute Gasteiger partial charge is 0.264 e.